The minimum Gasteiger partial charge on any atom is -0.494 e. The highest BCUT2D eigenvalue weighted by Gasteiger charge is 2.15. The third-order valence-electron chi connectivity index (χ3n) is 4.31. The number of carbonyl (C=O) groups excluding carboxylic acids is 1. The van der Waals surface area contributed by atoms with Crippen molar-refractivity contribution in [3.63, 3.8) is 0 Å². The topological polar surface area (TPSA) is 66.0 Å². The van der Waals surface area contributed by atoms with Gasteiger partial charge in [-0.3, -0.25) is 4.79 Å². The first-order chi connectivity index (χ1) is 13.7. The van der Waals surface area contributed by atoms with Crippen LogP contribution in [0, 0.1) is 0 Å². The number of hydrogen-bond acceptors (Lipinski definition) is 5. The first-order valence-corrected chi connectivity index (χ1v) is 9.73. The van der Waals surface area contributed by atoms with Crippen molar-refractivity contribution in [3.8, 4) is 17.2 Å². The molecular formula is C22H27NO5. The lowest BCUT2D eigenvalue weighted by molar-refractivity contribution is -0.117. The molecule has 1 fully saturated rings. The number of rotatable bonds is 10. The molecule has 2 aromatic rings. The van der Waals surface area contributed by atoms with E-state index in [2.05, 4.69) is 5.32 Å². The largest absolute Gasteiger partial charge is 0.494 e. The first-order valence-electron chi connectivity index (χ1n) is 9.73. The summed E-state index contributed by atoms with van der Waals surface area (Å²) in [7, 11) is 0. The van der Waals surface area contributed by atoms with E-state index in [0.717, 1.165) is 36.6 Å². The highest BCUT2D eigenvalue weighted by Crippen LogP contribution is 2.25. The highest BCUT2D eigenvalue weighted by atomic mass is 16.5. The number of anilines is 1. The van der Waals surface area contributed by atoms with Gasteiger partial charge in [0.05, 0.1) is 32.3 Å². The molecule has 0 aliphatic carbocycles. The van der Waals surface area contributed by atoms with Crippen molar-refractivity contribution in [2.45, 2.75) is 32.3 Å². The van der Waals surface area contributed by atoms with E-state index < -0.39 is 0 Å². The normalized spacial score (nSPS) is 16.0. The van der Waals surface area contributed by atoms with E-state index in [0.29, 0.717) is 32.0 Å². The third-order valence-corrected chi connectivity index (χ3v) is 4.31. The van der Waals surface area contributed by atoms with Crippen molar-refractivity contribution >= 4 is 11.6 Å². The summed E-state index contributed by atoms with van der Waals surface area (Å²) < 4.78 is 22.2. The van der Waals surface area contributed by atoms with E-state index in [4.69, 9.17) is 18.9 Å². The molecule has 6 nitrogen and oxygen atoms in total. The fourth-order valence-electron chi connectivity index (χ4n) is 2.89. The van der Waals surface area contributed by atoms with Gasteiger partial charge in [-0.15, -0.1) is 0 Å². The molecule has 150 valence electrons. The molecule has 0 saturated carbocycles. The van der Waals surface area contributed by atoms with Gasteiger partial charge < -0.3 is 24.3 Å². The van der Waals surface area contributed by atoms with Gasteiger partial charge in [0, 0.05) is 12.3 Å². The quantitative estimate of drug-likeness (QED) is 0.614. The summed E-state index contributed by atoms with van der Waals surface area (Å²) in [4.78, 5) is 12.0. The van der Waals surface area contributed by atoms with Crippen LogP contribution < -0.4 is 14.8 Å². The van der Waals surface area contributed by atoms with E-state index in [1.165, 1.54) is 0 Å². The first kappa shape index (κ1) is 20.2. The molecule has 1 unspecified atom stereocenters. The zero-order chi connectivity index (χ0) is 19.6. The molecule has 1 aliphatic heterocycles. The zero-order valence-corrected chi connectivity index (χ0v) is 16.2. The Morgan fingerprint density at radius 3 is 2.39 bits per heavy atom. The van der Waals surface area contributed by atoms with Crippen LogP contribution in [-0.4, -0.2) is 38.4 Å². The summed E-state index contributed by atoms with van der Waals surface area (Å²) in [5, 5.41) is 2.86. The Bertz CT molecular complexity index is 724. The molecule has 1 amide bonds. The maximum atomic E-state index is 12.0. The summed E-state index contributed by atoms with van der Waals surface area (Å²) in [6, 6.07) is 14.7. The minimum absolute atomic E-state index is 0.0764. The summed E-state index contributed by atoms with van der Waals surface area (Å²) in [6.45, 7) is 4.35. The lowest BCUT2D eigenvalue weighted by Crippen LogP contribution is -2.18. The summed E-state index contributed by atoms with van der Waals surface area (Å²) >= 11 is 0. The summed E-state index contributed by atoms with van der Waals surface area (Å²) in [5.74, 6) is 2.16. The number of hydrogen-bond donors (Lipinski definition) is 1. The van der Waals surface area contributed by atoms with E-state index >= 15 is 0 Å². The van der Waals surface area contributed by atoms with Crippen LogP contribution in [0.15, 0.2) is 48.5 Å². The van der Waals surface area contributed by atoms with Gasteiger partial charge >= 0.3 is 0 Å². The molecule has 1 atom stereocenters. The van der Waals surface area contributed by atoms with Crippen LogP contribution in [0.2, 0.25) is 0 Å². The van der Waals surface area contributed by atoms with Crippen LogP contribution in [0.5, 0.6) is 17.2 Å². The Hall–Kier alpha value is -2.57. The average molecular weight is 385 g/mol. The van der Waals surface area contributed by atoms with Crippen molar-refractivity contribution in [2.24, 2.45) is 0 Å². The zero-order valence-electron chi connectivity index (χ0n) is 16.2. The second kappa shape index (κ2) is 10.7. The molecular weight excluding hydrogens is 358 g/mol. The van der Waals surface area contributed by atoms with E-state index in [-0.39, 0.29) is 12.0 Å². The Morgan fingerprint density at radius 2 is 1.75 bits per heavy atom. The van der Waals surface area contributed by atoms with Crippen LogP contribution in [0.3, 0.4) is 0 Å². The van der Waals surface area contributed by atoms with Gasteiger partial charge in [0.1, 0.15) is 17.2 Å². The van der Waals surface area contributed by atoms with Crippen molar-refractivity contribution in [1.82, 2.24) is 0 Å². The number of amides is 1. The van der Waals surface area contributed by atoms with E-state index in [1.807, 2.05) is 55.5 Å². The van der Waals surface area contributed by atoms with Gasteiger partial charge in [0.25, 0.3) is 0 Å². The molecule has 28 heavy (non-hydrogen) atoms. The molecule has 3 rings (SSSR count). The number of carbonyl (C=O) groups is 1. The summed E-state index contributed by atoms with van der Waals surface area (Å²) in [5.41, 5.74) is 0.725. The Labute approximate surface area is 165 Å². The molecule has 2 aromatic carbocycles. The van der Waals surface area contributed by atoms with E-state index in [1.54, 1.807) is 0 Å². The molecule has 1 heterocycles. The fourth-order valence-corrected chi connectivity index (χ4v) is 2.89. The van der Waals surface area contributed by atoms with Gasteiger partial charge in [0.15, 0.2) is 0 Å². The molecule has 0 aromatic heterocycles. The molecule has 1 saturated heterocycles. The third kappa shape index (κ3) is 6.55. The van der Waals surface area contributed by atoms with Gasteiger partial charge in [-0.05, 0) is 68.3 Å². The van der Waals surface area contributed by atoms with Crippen molar-refractivity contribution in [3.05, 3.63) is 48.5 Å². The Balaban J connectivity index is 1.38. The maximum absolute atomic E-state index is 12.0. The standard InChI is InChI=1S/C22H27NO5/c1-2-26-18-9-11-20(12-10-18)28-19-7-5-17(6-8-19)23-22(24)13-15-25-16-21-4-3-14-27-21/h5-12,21H,2-4,13-16H2,1H3,(H,23,24). The number of ether oxygens (including phenoxy) is 4. The highest BCUT2D eigenvalue weighted by molar-refractivity contribution is 5.90. The van der Waals surface area contributed by atoms with Crippen molar-refractivity contribution in [2.75, 3.05) is 31.7 Å². The van der Waals surface area contributed by atoms with Gasteiger partial charge in [-0.2, -0.15) is 0 Å². The smallest absolute Gasteiger partial charge is 0.226 e. The van der Waals surface area contributed by atoms with Gasteiger partial charge in [-0.25, -0.2) is 0 Å². The lowest BCUT2D eigenvalue weighted by atomic mass is 10.2. The van der Waals surface area contributed by atoms with Crippen LogP contribution in [0.4, 0.5) is 5.69 Å². The second-order valence-corrected chi connectivity index (χ2v) is 6.54. The molecule has 1 N–H and O–H groups in total. The number of benzene rings is 2. The van der Waals surface area contributed by atoms with Crippen molar-refractivity contribution in [1.29, 1.82) is 0 Å². The Morgan fingerprint density at radius 1 is 1.07 bits per heavy atom. The van der Waals surface area contributed by atoms with Crippen LogP contribution >= 0.6 is 0 Å². The van der Waals surface area contributed by atoms with Gasteiger partial charge in [-0.1, -0.05) is 0 Å². The van der Waals surface area contributed by atoms with Crippen LogP contribution in [-0.2, 0) is 14.3 Å². The molecule has 0 radical (unpaired) electrons. The SMILES string of the molecule is CCOc1ccc(Oc2ccc(NC(=O)CCOCC3CCCO3)cc2)cc1. The second-order valence-electron chi connectivity index (χ2n) is 6.54. The summed E-state index contributed by atoms with van der Waals surface area (Å²) in [6.07, 6.45) is 2.63. The van der Waals surface area contributed by atoms with Crippen LogP contribution in [0.1, 0.15) is 26.2 Å². The predicted octanol–water partition coefficient (Wildman–Crippen LogP) is 4.40. The van der Waals surface area contributed by atoms with E-state index in [9.17, 15) is 4.79 Å². The monoisotopic (exact) mass is 385 g/mol. The Kier molecular flexibility index (Phi) is 7.70. The average Bonchev–Trinajstić information content (AvgIpc) is 3.22. The molecule has 0 spiro atoms. The lowest BCUT2D eigenvalue weighted by Gasteiger charge is -2.11. The van der Waals surface area contributed by atoms with Crippen molar-refractivity contribution < 1.29 is 23.7 Å². The molecule has 1 aliphatic rings. The molecule has 0 bridgehead atoms. The fraction of sp³-hybridized carbons (Fsp3) is 0.409. The maximum Gasteiger partial charge on any atom is 0.226 e. The minimum atomic E-state index is -0.0764. The van der Waals surface area contributed by atoms with Crippen LogP contribution in [0.25, 0.3) is 0 Å². The molecule has 6 heteroatoms. The predicted molar refractivity (Wildman–Crippen MR) is 107 cm³/mol. The number of nitrogens with one attached hydrogen (secondary N) is 1. The van der Waals surface area contributed by atoms with Gasteiger partial charge in [0.2, 0.25) is 5.91 Å².